The number of piperazine rings is 1. The van der Waals surface area contributed by atoms with E-state index < -0.39 is 0 Å². The summed E-state index contributed by atoms with van der Waals surface area (Å²) in [7, 11) is 0. The summed E-state index contributed by atoms with van der Waals surface area (Å²) >= 11 is 0. The summed E-state index contributed by atoms with van der Waals surface area (Å²) in [6.07, 6.45) is 3.26. The Kier molecular flexibility index (Phi) is 7.72. The quantitative estimate of drug-likeness (QED) is 0.546. The van der Waals surface area contributed by atoms with E-state index in [0.717, 1.165) is 51.3 Å². The number of esters is 1. The van der Waals surface area contributed by atoms with Crippen LogP contribution in [0.3, 0.4) is 0 Å². The number of hydrogen-bond acceptors (Lipinski definition) is 5. The Hall–Kier alpha value is -0.910. The third-order valence-corrected chi connectivity index (χ3v) is 5.35. The van der Waals surface area contributed by atoms with Crippen molar-refractivity contribution in [3.8, 4) is 0 Å². The molecule has 5 nitrogen and oxygen atoms in total. The normalized spacial score (nSPS) is 28.7. The van der Waals surface area contributed by atoms with Crippen LogP contribution in [0.25, 0.3) is 0 Å². The first kappa shape index (κ1) is 19.4. The molecule has 0 aromatic rings. The van der Waals surface area contributed by atoms with E-state index in [0.29, 0.717) is 24.5 Å². The van der Waals surface area contributed by atoms with Crippen LogP contribution in [-0.4, -0.2) is 62.8 Å². The molecule has 0 saturated carbocycles. The summed E-state index contributed by atoms with van der Waals surface area (Å²) in [6, 6.07) is 0.367. The van der Waals surface area contributed by atoms with Gasteiger partial charge in [-0.3, -0.25) is 9.69 Å². The topological polar surface area (TPSA) is 53.6 Å². The average Bonchev–Trinajstić information content (AvgIpc) is 2.55. The molecule has 1 aliphatic heterocycles. The zero-order valence-electron chi connectivity index (χ0n) is 15.8. The van der Waals surface area contributed by atoms with Crippen LogP contribution in [0, 0.1) is 17.8 Å². The Morgan fingerprint density at radius 2 is 2.12 bits per heavy atom. The lowest BCUT2D eigenvalue weighted by atomic mass is 9.72. The lowest BCUT2D eigenvalue weighted by molar-refractivity contribution is -0.149. The Morgan fingerprint density at radius 3 is 2.75 bits per heavy atom. The molecule has 0 radical (unpaired) electrons. The molecule has 24 heavy (non-hydrogen) atoms. The van der Waals surface area contributed by atoms with E-state index in [1.54, 1.807) is 0 Å². The van der Waals surface area contributed by atoms with E-state index in [1.165, 1.54) is 0 Å². The van der Waals surface area contributed by atoms with Gasteiger partial charge >= 0.3 is 5.97 Å². The van der Waals surface area contributed by atoms with Crippen LogP contribution in [0.4, 0.5) is 0 Å². The van der Waals surface area contributed by atoms with Crippen molar-refractivity contribution in [2.75, 3.05) is 45.9 Å². The van der Waals surface area contributed by atoms with Gasteiger partial charge in [-0.05, 0) is 32.1 Å². The molecule has 2 rings (SSSR count). The number of nitrogens with zero attached hydrogens (tertiary/aromatic N) is 1. The van der Waals surface area contributed by atoms with Gasteiger partial charge in [-0.15, -0.1) is 0 Å². The largest absolute Gasteiger partial charge is 0.466 e. The minimum absolute atomic E-state index is 0.0517. The van der Waals surface area contributed by atoms with Crippen LogP contribution in [0.5, 0.6) is 0 Å². The van der Waals surface area contributed by atoms with Gasteiger partial charge in [-0.1, -0.05) is 25.5 Å². The Labute approximate surface area is 147 Å². The van der Waals surface area contributed by atoms with Gasteiger partial charge in [-0.25, -0.2) is 0 Å². The minimum atomic E-state index is -0.0730. The van der Waals surface area contributed by atoms with Crippen LogP contribution in [0.2, 0.25) is 0 Å². The third-order valence-electron chi connectivity index (χ3n) is 5.35. The second kappa shape index (κ2) is 9.54. The van der Waals surface area contributed by atoms with Crippen LogP contribution in [-0.2, 0) is 9.53 Å². The number of carbonyl (C=O) groups excluding carboxylic acids is 1. The first-order valence-corrected chi connectivity index (χ1v) is 9.54. The highest BCUT2D eigenvalue weighted by molar-refractivity contribution is 5.76. The molecule has 0 amide bonds. The van der Waals surface area contributed by atoms with E-state index in [4.69, 9.17) is 4.74 Å². The Bertz CT molecular complexity index is 430. The monoisotopic (exact) mass is 337 g/mol. The highest BCUT2D eigenvalue weighted by atomic mass is 16.5. The lowest BCUT2D eigenvalue weighted by Gasteiger charge is -2.37. The van der Waals surface area contributed by atoms with Crippen molar-refractivity contribution < 1.29 is 9.53 Å². The Morgan fingerprint density at radius 1 is 1.42 bits per heavy atom. The smallest absolute Gasteiger partial charge is 0.313 e. The van der Waals surface area contributed by atoms with Gasteiger partial charge in [0.15, 0.2) is 0 Å². The summed E-state index contributed by atoms with van der Waals surface area (Å²) in [6.45, 7) is 15.4. The van der Waals surface area contributed by atoms with Gasteiger partial charge in [-0.2, -0.15) is 0 Å². The van der Waals surface area contributed by atoms with Crippen molar-refractivity contribution in [3.05, 3.63) is 11.6 Å². The first-order chi connectivity index (χ1) is 11.5. The summed E-state index contributed by atoms with van der Waals surface area (Å²) in [5, 5.41) is 7.07. The maximum absolute atomic E-state index is 12.4. The predicted molar refractivity (Wildman–Crippen MR) is 97.9 cm³/mol. The molecule has 0 spiro atoms. The minimum Gasteiger partial charge on any atom is -0.466 e. The highest BCUT2D eigenvalue weighted by Gasteiger charge is 2.37. The molecule has 1 aliphatic carbocycles. The van der Waals surface area contributed by atoms with Crippen molar-refractivity contribution in [1.29, 1.82) is 0 Å². The molecule has 1 heterocycles. The second-order valence-electron chi connectivity index (χ2n) is 7.44. The lowest BCUT2D eigenvalue weighted by Crippen LogP contribution is -2.47. The molecule has 3 unspecified atom stereocenters. The van der Waals surface area contributed by atoms with E-state index in [-0.39, 0.29) is 11.9 Å². The fourth-order valence-corrected chi connectivity index (χ4v) is 3.99. The summed E-state index contributed by atoms with van der Waals surface area (Å²) in [5.74, 6) is 0.701. The van der Waals surface area contributed by atoms with Crippen molar-refractivity contribution >= 4 is 5.97 Å². The van der Waals surface area contributed by atoms with E-state index in [1.807, 2.05) is 6.92 Å². The molecule has 0 aromatic carbocycles. The molecule has 0 bridgehead atoms. The predicted octanol–water partition coefficient (Wildman–Crippen LogP) is 1.65. The zero-order valence-corrected chi connectivity index (χ0v) is 15.8. The van der Waals surface area contributed by atoms with Crippen LogP contribution in [0.1, 0.15) is 34.1 Å². The fraction of sp³-hybridized carbons (Fsp3) is 0.842. The van der Waals surface area contributed by atoms with Crippen LogP contribution >= 0.6 is 0 Å². The average molecular weight is 338 g/mol. The first-order valence-electron chi connectivity index (χ1n) is 9.54. The van der Waals surface area contributed by atoms with Crippen molar-refractivity contribution in [1.82, 2.24) is 15.5 Å². The zero-order chi connectivity index (χ0) is 17.5. The van der Waals surface area contributed by atoms with Crippen molar-refractivity contribution in [3.63, 3.8) is 0 Å². The Balaban J connectivity index is 1.90. The maximum Gasteiger partial charge on any atom is 0.313 e. The van der Waals surface area contributed by atoms with E-state index in [9.17, 15) is 4.79 Å². The van der Waals surface area contributed by atoms with Crippen molar-refractivity contribution in [2.45, 2.75) is 40.2 Å². The van der Waals surface area contributed by atoms with Gasteiger partial charge < -0.3 is 15.4 Å². The molecule has 138 valence electrons. The second-order valence-corrected chi connectivity index (χ2v) is 7.44. The maximum atomic E-state index is 12.4. The van der Waals surface area contributed by atoms with E-state index >= 15 is 0 Å². The molecule has 2 aliphatic rings. The molecule has 3 atom stereocenters. The number of hydrogen-bond donors (Lipinski definition) is 2. The molecular weight excluding hydrogens is 302 g/mol. The summed E-state index contributed by atoms with van der Waals surface area (Å²) in [5.41, 5.74) is 1.16. The molecule has 1 fully saturated rings. The van der Waals surface area contributed by atoms with Crippen LogP contribution < -0.4 is 10.6 Å². The summed E-state index contributed by atoms with van der Waals surface area (Å²) < 4.78 is 5.32. The number of nitrogens with one attached hydrogen (secondary N) is 2. The van der Waals surface area contributed by atoms with Gasteiger partial charge in [0, 0.05) is 45.3 Å². The molecule has 5 heteroatoms. The van der Waals surface area contributed by atoms with Gasteiger partial charge in [0.2, 0.25) is 0 Å². The fourth-order valence-electron chi connectivity index (χ4n) is 3.99. The van der Waals surface area contributed by atoms with Gasteiger partial charge in [0.05, 0.1) is 12.5 Å². The molecule has 0 aromatic heterocycles. The molecular formula is C19H35N3O2. The summed E-state index contributed by atoms with van der Waals surface area (Å²) in [4.78, 5) is 14.9. The SMILES string of the molecule is CCOC(=O)C1C(C)=CC(NCCN2CCNCC2)CC1C(C)C. The molecule has 2 N–H and O–H groups in total. The number of rotatable bonds is 7. The highest BCUT2D eigenvalue weighted by Crippen LogP contribution is 2.36. The third kappa shape index (κ3) is 5.30. The van der Waals surface area contributed by atoms with Gasteiger partial charge in [0.25, 0.3) is 0 Å². The number of carbonyl (C=O) groups is 1. The van der Waals surface area contributed by atoms with Gasteiger partial charge in [0.1, 0.15) is 0 Å². The van der Waals surface area contributed by atoms with E-state index in [2.05, 4.69) is 42.4 Å². The van der Waals surface area contributed by atoms with Crippen LogP contribution in [0.15, 0.2) is 11.6 Å². The molecule has 1 saturated heterocycles. The number of ether oxygens (including phenoxy) is 1. The van der Waals surface area contributed by atoms with Crippen molar-refractivity contribution in [2.24, 2.45) is 17.8 Å². The standard InChI is InChI=1S/C19H35N3O2/c1-5-24-19(23)18-15(4)12-16(13-17(18)14(2)3)21-8-11-22-9-6-20-7-10-22/h12,14,16-18,20-21H,5-11,13H2,1-4H3.